The molecule has 0 spiro atoms. The first-order chi connectivity index (χ1) is 10.1. The molecule has 1 aromatic carbocycles. The van der Waals surface area contributed by atoms with Crippen molar-refractivity contribution < 1.29 is 0 Å². The SMILES string of the molecule is CCCC(CCC)c1nc2cc(CN)ccc2n1C(C)C. The highest BCUT2D eigenvalue weighted by atomic mass is 15.1. The minimum Gasteiger partial charge on any atom is -0.326 e. The molecule has 0 bridgehead atoms. The second kappa shape index (κ2) is 7.08. The van der Waals surface area contributed by atoms with Crippen molar-refractivity contribution in [2.75, 3.05) is 0 Å². The van der Waals surface area contributed by atoms with Crippen molar-refractivity contribution in [3.63, 3.8) is 0 Å². The molecule has 0 atom stereocenters. The maximum Gasteiger partial charge on any atom is 0.113 e. The highest BCUT2D eigenvalue weighted by Crippen LogP contribution is 2.31. The number of nitrogens with two attached hydrogens (primary N) is 1. The standard InChI is InChI=1S/C18H29N3/c1-5-7-15(8-6-2)18-20-16-11-14(12-19)9-10-17(16)21(18)13(3)4/h9-11,13,15H,5-8,12,19H2,1-4H3. The first kappa shape index (κ1) is 16.0. The van der Waals surface area contributed by atoms with Crippen LogP contribution < -0.4 is 5.73 Å². The lowest BCUT2D eigenvalue weighted by Crippen LogP contribution is -2.11. The molecule has 3 nitrogen and oxygen atoms in total. The zero-order valence-electron chi connectivity index (χ0n) is 13.9. The molecule has 21 heavy (non-hydrogen) atoms. The van der Waals surface area contributed by atoms with Crippen LogP contribution in [0.1, 0.15) is 76.7 Å². The molecule has 0 fully saturated rings. The summed E-state index contributed by atoms with van der Waals surface area (Å²) >= 11 is 0. The summed E-state index contributed by atoms with van der Waals surface area (Å²) < 4.78 is 2.42. The van der Waals surface area contributed by atoms with Gasteiger partial charge < -0.3 is 10.3 Å². The van der Waals surface area contributed by atoms with Gasteiger partial charge in [-0.25, -0.2) is 4.98 Å². The normalized spacial score (nSPS) is 12.0. The highest BCUT2D eigenvalue weighted by molar-refractivity contribution is 5.77. The third-order valence-corrected chi connectivity index (χ3v) is 4.17. The van der Waals surface area contributed by atoms with Crippen molar-refractivity contribution in [3.8, 4) is 0 Å². The summed E-state index contributed by atoms with van der Waals surface area (Å²) in [6, 6.07) is 6.89. The minimum absolute atomic E-state index is 0.435. The molecule has 0 radical (unpaired) electrons. The van der Waals surface area contributed by atoms with Gasteiger partial charge >= 0.3 is 0 Å². The molecule has 0 saturated heterocycles. The summed E-state index contributed by atoms with van der Waals surface area (Å²) in [5.74, 6) is 1.83. The molecule has 1 heterocycles. The Kier molecular flexibility index (Phi) is 5.40. The summed E-state index contributed by atoms with van der Waals surface area (Å²) in [6.07, 6.45) is 4.85. The molecule has 2 aromatic rings. The number of fused-ring (bicyclic) bond motifs is 1. The predicted molar refractivity (Wildman–Crippen MR) is 90.6 cm³/mol. The third-order valence-electron chi connectivity index (χ3n) is 4.17. The summed E-state index contributed by atoms with van der Waals surface area (Å²) in [4.78, 5) is 4.99. The molecule has 0 aliphatic carbocycles. The van der Waals surface area contributed by atoms with E-state index in [1.807, 2.05) is 0 Å². The van der Waals surface area contributed by atoms with Gasteiger partial charge in [0.05, 0.1) is 11.0 Å². The van der Waals surface area contributed by atoms with Gasteiger partial charge in [0, 0.05) is 18.5 Å². The van der Waals surface area contributed by atoms with E-state index in [0.717, 1.165) is 11.1 Å². The minimum atomic E-state index is 0.435. The Morgan fingerprint density at radius 2 is 1.81 bits per heavy atom. The Morgan fingerprint density at radius 3 is 2.33 bits per heavy atom. The first-order valence-electron chi connectivity index (χ1n) is 8.33. The van der Waals surface area contributed by atoms with Crippen molar-refractivity contribution in [2.24, 2.45) is 5.73 Å². The van der Waals surface area contributed by atoms with Gasteiger partial charge in [0.1, 0.15) is 5.82 Å². The molecule has 3 heteroatoms. The molecule has 0 aliphatic rings. The number of aromatic nitrogens is 2. The average Bonchev–Trinajstić information content (AvgIpc) is 2.85. The lowest BCUT2D eigenvalue weighted by Gasteiger charge is -2.20. The molecule has 1 aromatic heterocycles. The van der Waals surface area contributed by atoms with Crippen LogP contribution in [0.25, 0.3) is 11.0 Å². The van der Waals surface area contributed by atoms with Crippen LogP contribution in [0.2, 0.25) is 0 Å². The van der Waals surface area contributed by atoms with Crippen LogP contribution in [0.3, 0.4) is 0 Å². The van der Waals surface area contributed by atoms with Gasteiger partial charge in [-0.2, -0.15) is 0 Å². The van der Waals surface area contributed by atoms with E-state index in [1.54, 1.807) is 0 Å². The second-order valence-corrected chi connectivity index (χ2v) is 6.24. The number of imidazole rings is 1. The van der Waals surface area contributed by atoms with Gasteiger partial charge in [0.2, 0.25) is 0 Å². The topological polar surface area (TPSA) is 43.8 Å². The zero-order chi connectivity index (χ0) is 15.4. The summed E-state index contributed by atoms with van der Waals surface area (Å²) in [5, 5.41) is 0. The number of hydrogen-bond donors (Lipinski definition) is 1. The smallest absolute Gasteiger partial charge is 0.113 e. The zero-order valence-corrected chi connectivity index (χ0v) is 13.9. The molecule has 0 unspecified atom stereocenters. The van der Waals surface area contributed by atoms with Gasteiger partial charge in [-0.3, -0.25) is 0 Å². The Hall–Kier alpha value is -1.35. The third kappa shape index (κ3) is 3.29. The second-order valence-electron chi connectivity index (χ2n) is 6.24. The van der Waals surface area contributed by atoms with Gasteiger partial charge in [0.15, 0.2) is 0 Å². The van der Waals surface area contributed by atoms with Crippen LogP contribution in [0.4, 0.5) is 0 Å². The lowest BCUT2D eigenvalue weighted by molar-refractivity contribution is 0.484. The van der Waals surface area contributed by atoms with Crippen LogP contribution in [-0.2, 0) is 6.54 Å². The highest BCUT2D eigenvalue weighted by Gasteiger charge is 2.20. The fraction of sp³-hybridized carbons (Fsp3) is 0.611. The van der Waals surface area contributed by atoms with Crippen molar-refractivity contribution in [1.29, 1.82) is 0 Å². The Bertz CT molecular complexity index is 577. The summed E-state index contributed by atoms with van der Waals surface area (Å²) in [6.45, 7) is 9.59. The van der Waals surface area contributed by atoms with E-state index < -0.39 is 0 Å². The quantitative estimate of drug-likeness (QED) is 0.798. The number of benzene rings is 1. The predicted octanol–water partition coefficient (Wildman–Crippen LogP) is 4.76. The molecular weight excluding hydrogens is 258 g/mol. The maximum absolute atomic E-state index is 5.77. The summed E-state index contributed by atoms with van der Waals surface area (Å²) in [5.41, 5.74) is 9.26. The molecular formula is C18H29N3. The van der Waals surface area contributed by atoms with Gasteiger partial charge in [-0.15, -0.1) is 0 Å². The number of nitrogens with zero attached hydrogens (tertiary/aromatic N) is 2. The van der Waals surface area contributed by atoms with Gasteiger partial charge in [-0.05, 0) is 44.4 Å². The van der Waals surface area contributed by atoms with E-state index in [0.29, 0.717) is 18.5 Å². The van der Waals surface area contributed by atoms with E-state index in [4.69, 9.17) is 10.7 Å². The van der Waals surface area contributed by atoms with Crippen LogP contribution >= 0.6 is 0 Å². The van der Waals surface area contributed by atoms with E-state index in [9.17, 15) is 0 Å². The van der Waals surface area contributed by atoms with Crippen LogP contribution in [-0.4, -0.2) is 9.55 Å². The first-order valence-corrected chi connectivity index (χ1v) is 8.33. The molecule has 2 N–H and O–H groups in total. The maximum atomic E-state index is 5.77. The molecule has 0 amide bonds. The molecule has 0 saturated carbocycles. The van der Waals surface area contributed by atoms with Crippen LogP contribution in [0, 0.1) is 0 Å². The van der Waals surface area contributed by atoms with Crippen molar-refractivity contribution >= 4 is 11.0 Å². The van der Waals surface area contributed by atoms with E-state index in [2.05, 4.69) is 50.5 Å². The van der Waals surface area contributed by atoms with E-state index in [1.165, 1.54) is 37.0 Å². The largest absolute Gasteiger partial charge is 0.326 e. The number of rotatable bonds is 7. The van der Waals surface area contributed by atoms with Crippen LogP contribution in [0.15, 0.2) is 18.2 Å². The Morgan fingerprint density at radius 1 is 1.14 bits per heavy atom. The molecule has 2 rings (SSSR count). The van der Waals surface area contributed by atoms with Crippen LogP contribution in [0.5, 0.6) is 0 Å². The van der Waals surface area contributed by atoms with Crippen molar-refractivity contribution in [1.82, 2.24) is 9.55 Å². The van der Waals surface area contributed by atoms with Gasteiger partial charge in [0.25, 0.3) is 0 Å². The van der Waals surface area contributed by atoms with E-state index in [-0.39, 0.29) is 0 Å². The summed E-state index contributed by atoms with van der Waals surface area (Å²) in [7, 11) is 0. The lowest BCUT2D eigenvalue weighted by atomic mass is 9.97. The molecule has 0 aliphatic heterocycles. The number of hydrogen-bond acceptors (Lipinski definition) is 2. The average molecular weight is 287 g/mol. The fourth-order valence-corrected chi connectivity index (χ4v) is 3.22. The van der Waals surface area contributed by atoms with E-state index >= 15 is 0 Å². The van der Waals surface area contributed by atoms with Crippen molar-refractivity contribution in [3.05, 3.63) is 29.6 Å². The monoisotopic (exact) mass is 287 g/mol. The van der Waals surface area contributed by atoms with Crippen molar-refractivity contribution in [2.45, 2.75) is 71.9 Å². The van der Waals surface area contributed by atoms with Gasteiger partial charge in [-0.1, -0.05) is 32.8 Å². The Labute approximate surface area is 128 Å². The molecule has 116 valence electrons. The fourth-order valence-electron chi connectivity index (χ4n) is 3.22. The Balaban J connectivity index is 2.57.